The van der Waals surface area contributed by atoms with E-state index >= 15 is 0 Å². The van der Waals surface area contributed by atoms with E-state index in [2.05, 4.69) is 41.0 Å². The molecule has 7 nitrogen and oxygen atoms in total. The Balaban J connectivity index is 2.31. The molecular weight excluding hydrogens is 368 g/mol. The fraction of sp³-hybridized carbons (Fsp3) is 0.200. The molecule has 0 aliphatic heterocycles. The van der Waals surface area contributed by atoms with Gasteiger partial charge in [-0.3, -0.25) is 15.4 Å². The van der Waals surface area contributed by atoms with Crippen molar-refractivity contribution in [3.63, 3.8) is 0 Å². The summed E-state index contributed by atoms with van der Waals surface area (Å²) in [7, 11) is 0. The van der Waals surface area contributed by atoms with Gasteiger partial charge in [-0.05, 0) is 47.2 Å². The van der Waals surface area contributed by atoms with Gasteiger partial charge in [-0.25, -0.2) is 14.6 Å². The van der Waals surface area contributed by atoms with Gasteiger partial charge in [0.15, 0.2) is 5.11 Å². The molecule has 0 bridgehead atoms. The number of amides is 3. The third-order valence-corrected chi connectivity index (χ3v) is 3.08. The molecule has 0 radical (unpaired) electrons. The smallest absolute Gasteiger partial charge is 0.413 e. The van der Waals surface area contributed by atoms with Crippen LogP contribution in [0.1, 0.15) is 6.92 Å². The van der Waals surface area contributed by atoms with E-state index in [0.29, 0.717) is 5.03 Å². The summed E-state index contributed by atoms with van der Waals surface area (Å²) in [5.41, 5.74) is 0. The van der Waals surface area contributed by atoms with Crippen molar-refractivity contribution in [2.45, 2.75) is 11.9 Å². The number of ether oxygens (including phenoxy) is 1. The average Bonchev–Trinajstić information content (AvgIpc) is 2.38. The van der Waals surface area contributed by atoms with Crippen molar-refractivity contribution in [1.82, 2.24) is 20.3 Å². The van der Waals surface area contributed by atoms with E-state index < -0.39 is 12.1 Å². The third-order valence-electron chi connectivity index (χ3n) is 1.67. The first kappa shape index (κ1) is 16.7. The second-order valence-corrected chi connectivity index (χ2v) is 5.30. The highest BCUT2D eigenvalue weighted by Gasteiger charge is 2.08. The molecule has 0 atom stereocenters. The number of thiocarbonyl (C=S) groups is 1. The minimum Gasteiger partial charge on any atom is -0.450 e. The summed E-state index contributed by atoms with van der Waals surface area (Å²) in [6.07, 6.45) is 0.884. The number of hydrogen-bond acceptors (Lipinski definition) is 6. The number of nitrogens with zero attached hydrogens (tertiary/aromatic N) is 1. The summed E-state index contributed by atoms with van der Waals surface area (Å²) in [6.45, 7) is 1.87. The van der Waals surface area contributed by atoms with Crippen LogP contribution in [-0.4, -0.2) is 28.8 Å². The van der Waals surface area contributed by atoms with Crippen molar-refractivity contribution < 1.29 is 14.3 Å². The second kappa shape index (κ2) is 8.72. The van der Waals surface area contributed by atoms with E-state index in [1.54, 1.807) is 25.3 Å². The molecule has 0 aromatic carbocycles. The summed E-state index contributed by atoms with van der Waals surface area (Å²) in [5, 5.41) is 4.90. The monoisotopic (exact) mass is 378 g/mol. The Kier molecular flexibility index (Phi) is 7.26. The zero-order valence-electron chi connectivity index (χ0n) is 10.3. The molecule has 20 heavy (non-hydrogen) atoms. The number of carbonyl (C=O) groups is 2. The van der Waals surface area contributed by atoms with Crippen molar-refractivity contribution in [3.05, 3.63) is 22.8 Å². The Morgan fingerprint density at radius 2 is 2.20 bits per heavy atom. The second-order valence-electron chi connectivity index (χ2n) is 3.15. The van der Waals surface area contributed by atoms with Gasteiger partial charge in [0.05, 0.1) is 6.61 Å². The number of halogens is 1. The number of urea groups is 1. The molecule has 1 aromatic rings. The molecule has 0 aliphatic carbocycles. The molecule has 0 aliphatic rings. The topological polar surface area (TPSA) is 92.4 Å². The number of rotatable bonds is 3. The minimum atomic E-state index is -0.722. The van der Waals surface area contributed by atoms with Crippen LogP contribution >= 0.6 is 40.1 Å². The Labute approximate surface area is 133 Å². The fourth-order valence-corrected chi connectivity index (χ4v) is 1.84. The first-order chi connectivity index (χ1) is 9.51. The van der Waals surface area contributed by atoms with E-state index in [-0.39, 0.29) is 11.7 Å². The summed E-state index contributed by atoms with van der Waals surface area (Å²) in [6, 6.07) is 2.94. The highest BCUT2D eigenvalue weighted by molar-refractivity contribution is 9.10. The largest absolute Gasteiger partial charge is 0.450 e. The van der Waals surface area contributed by atoms with Gasteiger partial charge in [-0.2, -0.15) is 0 Å². The highest BCUT2D eigenvalue weighted by atomic mass is 79.9. The molecule has 0 fully saturated rings. The summed E-state index contributed by atoms with van der Waals surface area (Å²) in [5.74, 6) is 0. The molecule has 0 unspecified atom stereocenters. The normalized spacial score (nSPS) is 9.50. The van der Waals surface area contributed by atoms with Gasteiger partial charge >= 0.3 is 12.1 Å². The molecule has 108 valence electrons. The summed E-state index contributed by atoms with van der Waals surface area (Å²) < 4.78 is 7.91. The molecule has 1 aromatic heterocycles. The van der Waals surface area contributed by atoms with Gasteiger partial charge in [0.2, 0.25) is 0 Å². The Bertz CT molecular complexity index is 498. The fourth-order valence-electron chi connectivity index (χ4n) is 0.941. The first-order valence-corrected chi connectivity index (χ1v) is 7.36. The van der Waals surface area contributed by atoms with Crippen LogP contribution in [0.2, 0.25) is 0 Å². The van der Waals surface area contributed by atoms with Crippen molar-refractivity contribution in [1.29, 1.82) is 0 Å². The predicted molar refractivity (Wildman–Crippen MR) is 82.2 cm³/mol. The molecule has 1 heterocycles. The molecule has 3 N–H and O–H groups in total. The lowest BCUT2D eigenvalue weighted by molar-refractivity contribution is 0.158. The van der Waals surface area contributed by atoms with Crippen LogP contribution in [0.4, 0.5) is 9.59 Å². The van der Waals surface area contributed by atoms with Gasteiger partial charge < -0.3 is 4.74 Å². The molecular formula is C10H11BrN4O3S2. The molecule has 1 rings (SSSR count). The lowest BCUT2D eigenvalue weighted by Crippen LogP contribution is -2.45. The van der Waals surface area contributed by atoms with E-state index in [0.717, 1.165) is 16.4 Å². The van der Waals surface area contributed by atoms with Crippen LogP contribution in [0, 0.1) is 0 Å². The Hall–Kier alpha value is -1.39. The van der Waals surface area contributed by atoms with E-state index in [1.807, 2.05) is 0 Å². The Morgan fingerprint density at radius 1 is 1.45 bits per heavy atom. The van der Waals surface area contributed by atoms with Crippen LogP contribution < -0.4 is 15.4 Å². The average molecular weight is 379 g/mol. The van der Waals surface area contributed by atoms with E-state index in [4.69, 9.17) is 12.2 Å². The lowest BCUT2D eigenvalue weighted by atomic mass is 10.5. The van der Waals surface area contributed by atoms with Gasteiger partial charge in [-0.15, -0.1) is 0 Å². The predicted octanol–water partition coefficient (Wildman–Crippen LogP) is 2.18. The maximum absolute atomic E-state index is 11.5. The number of alkyl carbamates (subject to hydrolysis) is 1. The van der Waals surface area contributed by atoms with Gasteiger partial charge in [-0.1, -0.05) is 0 Å². The zero-order valence-corrected chi connectivity index (χ0v) is 13.5. The first-order valence-electron chi connectivity index (χ1n) is 5.34. The van der Waals surface area contributed by atoms with Crippen molar-refractivity contribution in [2.75, 3.05) is 6.61 Å². The summed E-state index contributed by atoms with van der Waals surface area (Å²) in [4.78, 5) is 26.6. The minimum absolute atomic E-state index is 0.148. The van der Waals surface area contributed by atoms with Gasteiger partial charge in [0.1, 0.15) is 5.03 Å². The maximum Gasteiger partial charge on any atom is 0.413 e. The van der Waals surface area contributed by atoms with Gasteiger partial charge in [0.25, 0.3) is 0 Å². The molecule has 3 amide bonds. The number of carbonyl (C=O) groups excluding carboxylic acids is 2. The zero-order chi connectivity index (χ0) is 15.0. The SMILES string of the molecule is CCOC(=O)NC(=S)NC(=O)NSc1ccc(Br)cn1. The third kappa shape index (κ3) is 6.68. The maximum atomic E-state index is 11.5. The number of hydrogen-bond donors (Lipinski definition) is 3. The molecule has 0 saturated carbocycles. The molecule has 10 heteroatoms. The van der Waals surface area contributed by atoms with Gasteiger partial charge in [0, 0.05) is 22.6 Å². The van der Waals surface area contributed by atoms with Crippen LogP contribution in [0.3, 0.4) is 0 Å². The molecule has 0 saturated heterocycles. The van der Waals surface area contributed by atoms with Crippen molar-refractivity contribution in [2.24, 2.45) is 0 Å². The molecule has 0 spiro atoms. The lowest BCUT2D eigenvalue weighted by Gasteiger charge is -2.08. The van der Waals surface area contributed by atoms with Crippen LogP contribution in [0.5, 0.6) is 0 Å². The standard InChI is InChI=1S/C10H11BrN4O3S2/c1-2-18-10(17)14-9(19)13-8(16)15-20-7-4-3-6(11)5-12-7/h3-5H,2H2,1H3,(H3,13,14,15,16,17,19). The van der Waals surface area contributed by atoms with Crippen LogP contribution in [-0.2, 0) is 4.74 Å². The van der Waals surface area contributed by atoms with Crippen molar-refractivity contribution in [3.8, 4) is 0 Å². The quantitative estimate of drug-likeness (QED) is 0.551. The Morgan fingerprint density at radius 3 is 2.80 bits per heavy atom. The number of nitrogens with one attached hydrogen (secondary N) is 3. The van der Waals surface area contributed by atoms with E-state index in [1.165, 1.54) is 0 Å². The summed E-state index contributed by atoms with van der Waals surface area (Å²) >= 11 is 9.02. The highest BCUT2D eigenvalue weighted by Crippen LogP contribution is 2.14. The van der Waals surface area contributed by atoms with Crippen LogP contribution in [0.25, 0.3) is 0 Å². The van der Waals surface area contributed by atoms with Crippen LogP contribution in [0.15, 0.2) is 27.8 Å². The number of aromatic nitrogens is 1. The van der Waals surface area contributed by atoms with E-state index in [9.17, 15) is 9.59 Å². The number of pyridine rings is 1. The van der Waals surface area contributed by atoms with Crippen molar-refractivity contribution >= 4 is 57.3 Å².